The molecule has 0 aliphatic carbocycles. The van der Waals surface area contributed by atoms with E-state index in [-0.39, 0.29) is 6.04 Å². The van der Waals surface area contributed by atoms with Gasteiger partial charge in [-0.25, -0.2) is 4.37 Å². The van der Waals surface area contributed by atoms with Crippen LogP contribution in [0, 0.1) is 0 Å². The molecular weight excluding hydrogens is 268 g/mol. The molecule has 0 spiro atoms. The minimum atomic E-state index is -0.00158. The second kappa shape index (κ2) is 5.19. The molecule has 2 aromatic heterocycles. The van der Waals surface area contributed by atoms with Gasteiger partial charge in [-0.05, 0) is 59.4 Å². The van der Waals surface area contributed by atoms with E-state index < -0.39 is 0 Å². The molecule has 0 aliphatic heterocycles. The summed E-state index contributed by atoms with van der Waals surface area (Å²) in [5, 5.41) is 4.24. The third kappa shape index (κ3) is 2.50. The van der Waals surface area contributed by atoms with E-state index in [9.17, 15) is 0 Å². The Balaban J connectivity index is 2.15. The molecule has 102 valence electrons. The van der Waals surface area contributed by atoms with Gasteiger partial charge in [0.15, 0.2) is 0 Å². The van der Waals surface area contributed by atoms with Crippen LogP contribution in [-0.4, -0.2) is 14.2 Å². The molecule has 0 fully saturated rings. The van der Waals surface area contributed by atoms with Crippen LogP contribution in [0.2, 0.25) is 0 Å². The maximum atomic E-state index is 6.06. The molecule has 0 amide bonds. The van der Waals surface area contributed by atoms with Crippen molar-refractivity contribution in [2.75, 3.05) is 0 Å². The van der Waals surface area contributed by atoms with Gasteiger partial charge in [0.05, 0.1) is 11.1 Å². The maximum Gasteiger partial charge on any atom is 0.0568 e. The summed E-state index contributed by atoms with van der Waals surface area (Å²) in [7, 11) is 1.92. The fourth-order valence-corrected chi connectivity index (χ4v) is 2.74. The molecule has 4 nitrogen and oxygen atoms in total. The SMILES string of the molecule is C[C@@H](N)c1cc(-c2cnn(C)c2)cc(-c2ccns2)c1. The Hall–Kier alpha value is -1.98. The third-order valence-electron chi connectivity index (χ3n) is 3.24. The van der Waals surface area contributed by atoms with Crippen LogP contribution in [0.1, 0.15) is 18.5 Å². The summed E-state index contributed by atoms with van der Waals surface area (Å²) in [5.74, 6) is 0. The topological polar surface area (TPSA) is 56.7 Å². The molecule has 0 unspecified atom stereocenters. The Labute approximate surface area is 122 Å². The van der Waals surface area contributed by atoms with Crippen LogP contribution >= 0.6 is 11.5 Å². The smallest absolute Gasteiger partial charge is 0.0568 e. The first kappa shape index (κ1) is 13.0. The summed E-state index contributed by atoms with van der Waals surface area (Å²) >= 11 is 1.49. The number of hydrogen-bond acceptors (Lipinski definition) is 4. The van der Waals surface area contributed by atoms with Crippen LogP contribution in [0.3, 0.4) is 0 Å². The maximum absolute atomic E-state index is 6.06. The molecule has 0 aliphatic rings. The summed E-state index contributed by atoms with van der Waals surface area (Å²) in [6, 6.07) is 8.46. The first-order valence-electron chi connectivity index (χ1n) is 6.44. The molecule has 0 saturated heterocycles. The van der Waals surface area contributed by atoms with Crippen molar-refractivity contribution in [3.8, 4) is 21.6 Å². The number of aromatic nitrogens is 3. The summed E-state index contributed by atoms with van der Waals surface area (Å²) < 4.78 is 5.98. The molecule has 1 atom stereocenters. The third-order valence-corrected chi connectivity index (χ3v) is 4.04. The Kier molecular flexibility index (Phi) is 3.38. The van der Waals surface area contributed by atoms with E-state index in [1.54, 1.807) is 4.68 Å². The number of hydrogen-bond donors (Lipinski definition) is 1. The molecular formula is C15H16N4S. The van der Waals surface area contributed by atoms with Crippen molar-refractivity contribution in [1.29, 1.82) is 0 Å². The molecule has 2 heterocycles. The van der Waals surface area contributed by atoms with Crippen molar-refractivity contribution in [3.05, 3.63) is 48.4 Å². The lowest BCUT2D eigenvalue weighted by molar-refractivity contribution is 0.768. The minimum Gasteiger partial charge on any atom is -0.324 e. The Morgan fingerprint density at radius 2 is 2.00 bits per heavy atom. The number of rotatable bonds is 3. The molecule has 0 saturated carbocycles. The highest BCUT2D eigenvalue weighted by Crippen LogP contribution is 2.31. The van der Waals surface area contributed by atoms with Gasteiger partial charge in [0.25, 0.3) is 0 Å². The van der Waals surface area contributed by atoms with Crippen LogP contribution < -0.4 is 5.73 Å². The van der Waals surface area contributed by atoms with Gasteiger partial charge in [0.1, 0.15) is 0 Å². The number of aryl methyl sites for hydroxylation is 1. The Bertz CT molecular complexity index is 713. The Morgan fingerprint density at radius 3 is 2.60 bits per heavy atom. The lowest BCUT2D eigenvalue weighted by atomic mass is 9.98. The first-order valence-corrected chi connectivity index (χ1v) is 7.21. The van der Waals surface area contributed by atoms with Crippen molar-refractivity contribution in [1.82, 2.24) is 14.2 Å². The van der Waals surface area contributed by atoms with Crippen molar-refractivity contribution < 1.29 is 0 Å². The van der Waals surface area contributed by atoms with Gasteiger partial charge in [0.2, 0.25) is 0 Å². The van der Waals surface area contributed by atoms with Crippen LogP contribution in [0.5, 0.6) is 0 Å². The van der Waals surface area contributed by atoms with Gasteiger partial charge >= 0.3 is 0 Å². The van der Waals surface area contributed by atoms with E-state index in [4.69, 9.17) is 5.73 Å². The average Bonchev–Trinajstić information content (AvgIpc) is 3.09. The van der Waals surface area contributed by atoms with E-state index in [1.165, 1.54) is 11.5 Å². The number of nitrogens with zero attached hydrogens (tertiary/aromatic N) is 3. The second-order valence-corrected chi connectivity index (χ2v) is 5.74. The van der Waals surface area contributed by atoms with Crippen molar-refractivity contribution in [3.63, 3.8) is 0 Å². The zero-order valence-corrected chi connectivity index (χ0v) is 12.3. The minimum absolute atomic E-state index is 0.00158. The van der Waals surface area contributed by atoms with Gasteiger partial charge in [-0.1, -0.05) is 0 Å². The highest BCUT2D eigenvalue weighted by Gasteiger charge is 2.10. The molecule has 1 aromatic carbocycles. The molecule has 3 aromatic rings. The molecule has 0 radical (unpaired) electrons. The molecule has 3 rings (SSSR count). The number of nitrogens with two attached hydrogens (primary N) is 1. The van der Waals surface area contributed by atoms with Crippen LogP contribution in [0.15, 0.2) is 42.9 Å². The van der Waals surface area contributed by atoms with Gasteiger partial charge in [-0.3, -0.25) is 4.68 Å². The van der Waals surface area contributed by atoms with Gasteiger partial charge < -0.3 is 5.73 Å². The standard InChI is InChI=1S/C15H16N4S/c1-10(16)11-5-12(14-8-17-19(2)9-14)7-13(6-11)15-3-4-18-20-15/h3-10H,16H2,1-2H3/t10-/m1/s1. The first-order chi connectivity index (χ1) is 9.63. The molecule has 5 heteroatoms. The molecule has 2 N–H and O–H groups in total. The van der Waals surface area contributed by atoms with Crippen molar-refractivity contribution in [2.45, 2.75) is 13.0 Å². The quantitative estimate of drug-likeness (QED) is 0.803. The molecule has 20 heavy (non-hydrogen) atoms. The zero-order chi connectivity index (χ0) is 14.1. The summed E-state index contributed by atoms with van der Waals surface area (Å²) in [6.45, 7) is 2.00. The molecule has 0 bridgehead atoms. The van der Waals surface area contributed by atoms with E-state index in [1.807, 2.05) is 38.6 Å². The van der Waals surface area contributed by atoms with Crippen LogP contribution in [-0.2, 0) is 7.05 Å². The highest BCUT2D eigenvalue weighted by atomic mass is 32.1. The predicted molar refractivity (Wildman–Crippen MR) is 82.4 cm³/mol. The van der Waals surface area contributed by atoms with E-state index in [0.717, 1.165) is 27.1 Å². The lowest BCUT2D eigenvalue weighted by Gasteiger charge is -2.10. The predicted octanol–water partition coefficient (Wildman–Crippen LogP) is 3.23. The number of benzene rings is 1. The normalized spacial score (nSPS) is 12.6. The van der Waals surface area contributed by atoms with Crippen LogP contribution in [0.4, 0.5) is 0 Å². The van der Waals surface area contributed by atoms with Crippen molar-refractivity contribution in [2.24, 2.45) is 12.8 Å². The fraction of sp³-hybridized carbons (Fsp3) is 0.200. The zero-order valence-electron chi connectivity index (χ0n) is 11.4. The summed E-state index contributed by atoms with van der Waals surface area (Å²) in [5.41, 5.74) is 10.6. The van der Waals surface area contributed by atoms with Crippen LogP contribution in [0.25, 0.3) is 21.6 Å². The van der Waals surface area contributed by atoms with E-state index >= 15 is 0 Å². The fourth-order valence-electron chi connectivity index (χ4n) is 2.16. The van der Waals surface area contributed by atoms with Gasteiger partial charge in [0, 0.05) is 31.0 Å². The van der Waals surface area contributed by atoms with Gasteiger partial charge in [-0.15, -0.1) is 0 Å². The summed E-state index contributed by atoms with van der Waals surface area (Å²) in [6.07, 6.45) is 5.70. The average molecular weight is 284 g/mol. The van der Waals surface area contributed by atoms with Gasteiger partial charge in [-0.2, -0.15) is 5.10 Å². The van der Waals surface area contributed by atoms with Crippen molar-refractivity contribution >= 4 is 11.5 Å². The lowest BCUT2D eigenvalue weighted by Crippen LogP contribution is -2.05. The second-order valence-electron chi connectivity index (χ2n) is 4.91. The largest absolute Gasteiger partial charge is 0.324 e. The summed E-state index contributed by atoms with van der Waals surface area (Å²) in [4.78, 5) is 1.15. The highest BCUT2D eigenvalue weighted by molar-refractivity contribution is 7.09. The Morgan fingerprint density at radius 1 is 1.20 bits per heavy atom. The van der Waals surface area contributed by atoms with E-state index in [0.29, 0.717) is 0 Å². The monoisotopic (exact) mass is 284 g/mol. The van der Waals surface area contributed by atoms with E-state index in [2.05, 4.69) is 27.7 Å².